The van der Waals surface area contributed by atoms with Crippen LogP contribution in [-0.2, 0) is 16.0 Å². The van der Waals surface area contributed by atoms with Crippen molar-refractivity contribution in [3.05, 3.63) is 11.3 Å². The number of carbonyl (C=O) groups is 2. The van der Waals surface area contributed by atoms with Crippen LogP contribution in [0.3, 0.4) is 0 Å². The first-order chi connectivity index (χ1) is 11.6. The van der Waals surface area contributed by atoms with Gasteiger partial charge in [-0.3, -0.25) is 9.59 Å². The number of amides is 1. The summed E-state index contributed by atoms with van der Waals surface area (Å²) in [7, 11) is 1.37. The van der Waals surface area contributed by atoms with E-state index in [1.807, 2.05) is 11.6 Å². The molecule has 2 aliphatic rings. The first-order valence-corrected chi connectivity index (χ1v) is 8.66. The van der Waals surface area contributed by atoms with Gasteiger partial charge in [0.05, 0.1) is 31.8 Å². The second kappa shape index (κ2) is 7.15. The molecule has 0 saturated heterocycles. The van der Waals surface area contributed by atoms with Crippen LogP contribution >= 0.6 is 0 Å². The van der Waals surface area contributed by atoms with Crippen molar-refractivity contribution in [2.75, 3.05) is 13.7 Å². The van der Waals surface area contributed by atoms with Crippen molar-refractivity contribution >= 4 is 23.4 Å². The molecule has 0 aromatic carbocycles. The molecule has 1 amide bonds. The van der Waals surface area contributed by atoms with Crippen molar-refractivity contribution in [3.63, 3.8) is 0 Å². The molecule has 1 aliphatic carbocycles. The molecule has 2 heterocycles. The quantitative estimate of drug-likeness (QED) is 0.839. The number of hydrogen-bond acceptors (Lipinski definition) is 5. The van der Waals surface area contributed by atoms with E-state index in [1.54, 1.807) is 0 Å². The lowest BCUT2D eigenvalue weighted by atomic mass is 10.2. The van der Waals surface area contributed by atoms with Gasteiger partial charge in [-0.15, -0.1) is 0 Å². The van der Waals surface area contributed by atoms with Gasteiger partial charge in [0.25, 0.3) is 5.91 Å². The van der Waals surface area contributed by atoms with Crippen LogP contribution in [0.4, 0.5) is 5.82 Å². The molecule has 24 heavy (non-hydrogen) atoms. The van der Waals surface area contributed by atoms with E-state index in [4.69, 9.17) is 9.73 Å². The van der Waals surface area contributed by atoms with Gasteiger partial charge < -0.3 is 10.1 Å². The van der Waals surface area contributed by atoms with Gasteiger partial charge in [-0.05, 0) is 25.7 Å². The number of hydrogen-bond donors (Lipinski definition) is 1. The fourth-order valence-corrected chi connectivity index (χ4v) is 3.41. The Kier molecular flexibility index (Phi) is 4.97. The van der Waals surface area contributed by atoms with Gasteiger partial charge in [0.1, 0.15) is 5.56 Å². The maximum absolute atomic E-state index is 12.5. The second-order valence-electron chi connectivity index (χ2n) is 6.32. The van der Waals surface area contributed by atoms with E-state index in [-0.39, 0.29) is 18.3 Å². The van der Waals surface area contributed by atoms with Gasteiger partial charge >= 0.3 is 5.97 Å². The molecule has 7 heteroatoms. The van der Waals surface area contributed by atoms with Crippen LogP contribution < -0.4 is 5.32 Å². The summed E-state index contributed by atoms with van der Waals surface area (Å²) in [5, 5.41) is 7.58. The zero-order valence-corrected chi connectivity index (χ0v) is 14.3. The standard InChI is InChI=1S/C17H24N4O3/c1-3-13-15-16(21(20-13)12-6-4-5-7-12)19-11(10-18-17(15)23)8-9-14(22)24-2/h12H,3-10H2,1-2H3,(H,18,23). The van der Waals surface area contributed by atoms with Crippen LogP contribution in [0.1, 0.15) is 67.5 Å². The van der Waals surface area contributed by atoms with E-state index < -0.39 is 0 Å². The van der Waals surface area contributed by atoms with Crippen LogP contribution in [0.25, 0.3) is 0 Å². The van der Waals surface area contributed by atoms with Crippen molar-refractivity contribution in [1.82, 2.24) is 15.1 Å². The molecule has 130 valence electrons. The number of ether oxygens (including phenoxy) is 1. The number of rotatable bonds is 5. The average molecular weight is 332 g/mol. The minimum Gasteiger partial charge on any atom is -0.469 e. The second-order valence-corrected chi connectivity index (χ2v) is 6.32. The number of carbonyl (C=O) groups excluding carboxylic acids is 2. The Hall–Kier alpha value is -2.18. The largest absolute Gasteiger partial charge is 0.469 e. The van der Waals surface area contributed by atoms with Crippen molar-refractivity contribution in [2.24, 2.45) is 4.99 Å². The lowest BCUT2D eigenvalue weighted by molar-refractivity contribution is -0.140. The lowest BCUT2D eigenvalue weighted by Gasteiger charge is -2.12. The first-order valence-electron chi connectivity index (χ1n) is 8.66. The van der Waals surface area contributed by atoms with Gasteiger partial charge in [-0.2, -0.15) is 5.10 Å². The Morgan fingerprint density at radius 2 is 2.12 bits per heavy atom. The third kappa shape index (κ3) is 3.20. The molecule has 0 radical (unpaired) electrons. The van der Waals surface area contributed by atoms with E-state index in [1.165, 1.54) is 20.0 Å². The smallest absolute Gasteiger partial charge is 0.305 e. The third-order valence-electron chi connectivity index (χ3n) is 4.75. The maximum Gasteiger partial charge on any atom is 0.305 e. The highest BCUT2D eigenvalue weighted by atomic mass is 16.5. The topological polar surface area (TPSA) is 85.6 Å². The highest BCUT2D eigenvalue weighted by Crippen LogP contribution is 2.36. The Morgan fingerprint density at radius 3 is 2.79 bits per heavy atom. The number of esters is 1. The molecular formula is C17H24N4O3. The van der Waals surface area contributed by atoms with Crippen molar-refractivity contribution in [2.45, 2.75) is 57.9 Å². The highest BCUT2D eigenvalue weighted by molar-refractivity contribution is 6.05. The number of fused-ring (bicyclic) bond motifs is 1. The molecule has 0 unspecified atom stereocenters. The molecule has 1 aromatic rings. The average Bonchev–Trinajstić information content (AvgIpc) is 3.20. The summed E-state index contributed by atoms with van der Waals surface area (Å²) in [5.41, 5.74) is 2.18. The van der Waals surface area contributed by atoms with E-state index in [9.17, 15) is 9.59 Å². The molecule has 0 bridgehead atoms. The van der Waals surface area contributed by atoms with Gasteiger partial charge in [-0.1, -0.05) is 19.8 Å². The summed E-state index contributed by atoms with van der Waals surface area (Å²) in [6.45, 7) is 2.36. The molecule has 0 atom stereocenters. The van der Waals surface area contributed by atoms with E-state index in [2.05, 4.69) is 10.4 Å². The SMILES string of the molecule is CCc1nn(C2CCCC2)c2c1C(=O)NCC(CCC(=O)OC)=N2. The summed E-state index contributed by atoms with van der Waals surface area (Å²) >= 11 is 0. The molecule has 1 N–H and O–H groups in total. The molecule has 3 rings (SSSR count). The summed E-state index contributed by atoms with van der Waals surface area (Å²) in [4.78, 5) is 28.7. The Balaban J connectivity index is 1.97. The van der Waals surface area contributed by atoms with E-state index >= 15 is 0 Å². The number of aliphatic imine (C=N–C) groups is 1. The molecule has 0 spiro atoms. The Bertz CT molecular complexity index is 672. The number of nitrogens with zero attached hydrogens (tertiary/aromatic N) is 3. The van der Waals surface area contributed by atoms with Crippen LogP contribution in [0.15, 0.2) is 4.99 Å². The minimum atomic E-state index is -0.271. The fraction of sp³-hybridized carbons (Fsp3) is 0.647. The molecular weight excluding hydrogens is 308 g/mol. The predicted octanol–water partition coefficient (Wildman–Crippen LogP) is 2.33. The zero-order chi connectivity index (χ0) is 17.1. The molecule has 1 fully saturated rings. The van der Waals surface area contributed by atoms with Crippen molar-refractivity contribution in [1.29, 1.82) is 0 Å². The van der Waals surface area contributed by atoms with Crippen LogP contribution in [0.5, 0.6) is 0 Å². The Labute approximate surface area is 141 Å². The zero-order valence-electron chi connectivity index (χ0n) is 14.3. The molecule has 1 saturated carbocycles. The number of aromatic nitrogens is 2. The summed E-state index contributed by atoms with van der Waals surface area (Å²) in [6.07, 6.45) is 5.96. The number of aryl methyl sites for hydroxylation is 1. The first kappa shape index (κ1) is 16.7. The summed E-state index contributed by atoms with van der Waals surface area (Å²) in [5.74, 6) is 0.267. The summed E-state index contributed by atoms with van der Waals surface area (Å²) in [6, 6.07) is 0.315. The van der Waals surface area contributed by atoms with Gasteiger partial charge in [-0.25, -0.2) is 9.67 Å². The predicted molar refractivity (Wildman–Crippen MR) is 89.8 cm³/mol. The molecule has 1 aromatic heterocycles. The van der Waals surface area contributed by atoms with Gasteiger partial charge in [0.15, 0.2) is 5.82 Å². The van der Waals surface area contributed by atoms with Crippen LogP contribution in [-0.4, -0.2) is 41.0 Å². The fourth-order valence-electron chi connectivity index (χ4n) is 3.41. The third-order valence-corrected chi connectivity index (χ3v) is 4.75. The number of methoxy groups -OCH3 is 1. The lowest BCUT2D eigenvalue weighted by Crippen LogP contribution is -2.28. The monoisotopic (exact) mass is 332 g/mol. The summed E-state index contributed by atoms with van der Waals surface area (Å²) < 4.78 is 6.64. The van der Waals surface area contributed by atoms with Crippen molar-refractivity contribution < 1.29 is 14.3 Å². The van der Waals surface area contributed by atoms with Crippen LogP contribution in [0.2, 0.25) is 0 Å². The maximum atomic E-state index is 12.5. The molecule has 7 nitrogen and oxygen atoms in total. The van der Waals surface area contributed by atoms with Gasteiger partial charge in [0.2, 0.25) is 0 Å². The minimum absolute atomic E-state index is 0.122. The van der Waals surface area contributed by atoms with E-state index in [0.29, 0.717) is 36.8 Å². The van der Waals surface area contributed by atoms with E-state index in [0.717, 1.165) is 24.2 Å². The van der Waals surface area contributed by atoms with Crippen LogP contribution in [0, 0.1) is 0 Å². The number of nitrogens with one attached hydrogen (secondary N) is 1. The molecule has 1 aliphatic heterocycles. The van der Waals surface area contributed by atoms with Crippen molar-refractivity contribution in [3.8, 4) is 0 Å². The van der Waals surface area contributed by atoms with Gasteiger partial charge in [0, 0.05) is 5.71 Å². The normalized spacial score (nSPS) is 17.9. The Morgan fingerprint density at radius 1 is 1.38 bits per heavy atom. The highest BCUT2D eigenvalue weighted by Gasteiger charge is 2.30.